The normalized spacial score (nSPS) is 21.1. The summed E-state index contributed by atoms with van der Waals surface area (Å²) < 4.78 is 11.0. The molecule has 0 aromatic heterocycles. The van der Waals surface area contributed by atoms with Gasteiger partial charge in [-0.25, -0.2) is 4.99 Å². The van der Waals surface area contributed by atoms with Gasteiger partial charge >= 0.3 is 0 Å². The van der Waals surface area contributed by atoms with E-state index in [-0.39, 0.29) is 36.4 Å². The van der Waals surface area contributed by atoms with Crippen molar-refractivity contribution in [2.45, 2.75) is 13.3 Å². The first kappa shape index (κ1) is 24.4. The highest BCUT2D eigenvalue weighted by Crippen LogP contribution is 2.16. The summed E-state index contributed by atoms with van der Waals surface area (Å²) in [6.45, 7) is 11.0. The Balaban J connectivity index is 0.00000364. The van der Waals surface area contributed by atoms with Crippen LogP contribution >= 0.6 is 24.0 Å². The van der Waals surface area contributed by atoms with E-state index in [9.17, 15) is 4.79 Å². The van der Waals surface area contributed by atoms with Crippen LogP contribution in [0.3, 0.4) is 0 Å². The van der Waals surface area contributed by atoms with Crippen LogP contribution in [-0.2, 0) is 14.3 Å². The topological polar surface area (TPSA) is 69.6 Å². The highest BCUT2D eigenvalue weighted by molar-refractivity contribution is 14.0. The first-order valence-electron chi connectivity index (χ1n) is 9.71. The predicted octanol–water partition coefficient (Wildman–Crippen LogP) is 0.329. The van der Waals surface area contributed by atoms with E-state index in [0.717, 1.165) is 78.1 Å². The summed E-state index contributed by atoms with van der Waals surface area (Å²) in [6, 6.07) is 0. The first-order chi connectivity index (χ1) is 12.6. The predicted molar refractivity (Wildman–Crippen MR) is 118 cm³/mol. The number of morpholine rings is 1. The smallest absolute Gasteiger partial charge is 0.243 e. The summed E-state index contributed by atoms with van der Waals surface area (Å²) in [4.78, 5) is 22.7. The Kier molecular flexibility index (Phi) is 12.2. The van der Waals surface area contributed by atoms with Crippen LogP contribution in [0.25, 0.3) is 0 Å². The van der Waals surface area contributed by atoms with Gasteiger partial charge in [0.1, 0.15) is 6.54 Å². The summed E-state index contributed by atoms with van der Waals surface area (Å²) in [5, 5.41) is 3.46. The summed E-state index contributed by atoms with van der Waals surface area (Å²) in [5.41, 5.74) is 0. The monoisotopic (exact) mass is 497 g/mol. The fourth-order valence-electron chi connectivity index (χ4n) is 3.15. The zero-order valence-corrected chi connectivity index (χ0v) is 19.3. The Morgan fingerprint density at radius 3 is 2.70 bits per heavy atom. The van der Waals surface area contributed by atoms with Gasteiger partial charge in [-0.3, -0.25) is 9.69 Å². The number of hydrogen-bond donors (Lipinski definition) is 1. The van der Waals surface area contributed by atoms with Gasteiger partial charge in [-0.15, -0.1) is 24.0 Å². The molecule has 27 heavy (non-hydrogen) atoms. The number of likely N-dealkylation sites (N-methyl/N-ethyl adjacent to an activating group) is 1. The Hall–Kier alpha value is -0.650. The largest absolute Gasteiger partial charge is 0.381 e. The molecule has 0 bridgehead atoms. The second-order valence-electron chi connectivity index (χ2n) is 7.07. The fourth-order valence-corrected chi connectivity index (χ4v) is 3.15. The van der Waals surface area contributed by atoms with Gasteiger partial charge in [0.25, 0.3) is 0 Å². The lowest BCUT2D eigenvalue weighted by Crippen LogP contribution is -2.46. The molecule has 1 unspecified atom stereocenters. The van der Waals surface area contributed by atoms with E-state index in [1.165, 1.54) is 0 Å². The van der Waals surface area contributed by atoms with Crippen LogP contribution in [0.2, 0.25) is 0 Å². The minimum atomic E-state index is 0. The Morgan fingerprint density at radius 2 is 2.04 bits per heavy atom. The second kappa shape index (κ2) is 13.5. The van der Waals surface area contributed by atoms with Crippen LogP contribution in [0.1, 0.15) is 13.3 Å². The van der Waals surface area contributed by atoms with Crippen LogP contribution in [0.5, 0.6) is 0 Å². The number of hydrogen-bond acceptors (Lipinski definition) is 5. The number of nitrogens with zero attached hydrogens (tertiary/aromatic N) is 4. The quantitative estimate of drug-likeness (QED) is 0.296. The molecule has 9 heteroatoms. The molecule has 0 aliphatic carbocycles. The van der Waals surface area contributed by atoms with E-state index in [1.54, 1.807) is 19.0 Å². The molecule has 8 nitrogen and oxygen atoms in total. The van der Waals surface area contributed by atoms with Gasteiger partial charge in [-0.05, 0) is 13.3 Å². The van der Waals surface area contributed by atoms with E-state index in [2.05, 4.69) is 20.1 Å². The van der Waals surface area contributed by atoms with Crippen LogP contribution in [0.4, 0.5) is 0 Å². The summed E-state index contributed by atoms with van der Waals surface area (Å²) in [5.74, 6) is 1.39. The molecule has 1 amide bonds. The molecular formula is C18H36IN5O3. The number of carbonyl (C=O) groups excluding carboxylic acids is 1. The summed E-state index contributed by atoms with van der Waals surface area (Å²) in [7, 11) is 3.52. The van der Waals surface area contributed by atoms with Crippen LogP contribution in [0, 0.1) is 5.92 Å². The van der Waals surface area contributed by atoms with Gasteiger partial charge in [-0.1, -0.05) is 0 Å². The number of aliphatic imine (C=N–C) groups is 1. The number of guanidine groups is 1. The molecule has 0 aromatic carbocycles. The number of ether oxygens (including phenoxy) is 2. The van der Waals surface area contributed by atoms with Gasteiger partial charge in [0, 0.05) is 65.9 Å². The van der Waals surface area contributed by atoms with Crippen LogP contribution < -0.4 is 5.32 Å². The summed E-state index contributed by atoms with van der Waals surface area (Å²) >= 11 is 0. The lowest BCUT2D eigenvalue weighted by Gasteiger charge is -2.28. The Morgan fingerprint density at radius 1 is 1.30 bits per heavy atom. The lowest BCUT2D eigenvalue weighted by molar-refractivity contribution is -0.127. The zero-order chi connectivity index (χ0) is 18.8. The van der Waals surface area contributed by atoms with E-state index < -0.39 is 0 Å². The Labute approximate surface area is 180 Å². The molecule has 2 fully saturated rings. The van der Waals surface area contributed by atoms with E-state index in [1.807, 2.05) is 6.92 Å². The van der Waals surface area contributed by atoms with Crippen molar-refractivity contribution in [3.8, 4) is 0 Å². The van der Waals surface area contributed by atoms with Crippen LogP contribution in [-0.4, -0.2) is 113 Å². The number of amides is 1. The molecule has 2 aliphatic rings. The van der Waals surface area contributed by atoms with Gasteiger partial charge in [0.2, 0.25) is 5.91 Å². The standard InChI is InChI=1S/C18H35N5O3.HI/c1-4-25-15-16-5-7-23(14-16)18(20-13-17(24)21(2)3)19-6-8-22-9-11-26-12-10-22;/h16H,4-15H2,1-3H3,(H,19,20);1H. The molecule has 0 saturated carbocycles. The molecule has 2 aliphatic heterocycles. The molecule has 0 spiro atoms. The van der Waals surface area contributed by atoms with E-state index in [4.69, 9.17) is 9.47 Å². The Bertz CT molecular complexity index is 458. The third kappa shape index (κ3) is 8.93. The third-order valence-electron chi connectivity index (χ3n) is 4.82. The van der Waals surface area contributed by atoms with Crippen molar-refractivity contribution in [3.05, 3.63) is 0 Å². The molecule has 0 radical (unpaired) electrons. The first-order valence-corrected chi connectivity index (χ1v) is 9.71. The van der Waals surface area contributed by atoms with Crippen molar-refractivity contribution in [3.63, 3.8) is 0 Å². The van der Waals surface area contributed by atoms with Crippen molar-refractivity contribution < 1.29 is 14.3 Å². The van der Waals surface area contributed by atoms with Crippen molar-refractivity contribution in [2.75, 3.05) is 86.3 Å². The van der Waals surface area contributed by atoms with Gasteiger partial charge < -0.3 is 24.6 Å². The average Bonchev–Trinajstić information content (AvgIpc) is 3.12. The van der Waals surface area contributed by atoms with Crippen molar-refractivity contribution >= 4 is 35.8 Å². The molecule has 1 N–H and O–H groups in total. The number of likely N-dealkylation sites (tertiary alicyclic amines) is 1. The van der Waals surface area contributed by atoms with Gasteiger partial charge in [-0.2, -0.15) is 0 Å². The minimum absolute atomic E-state index is 0. The zero-order valence-electron chi connectivity index (χ0n) is 17.0. The maximum atomic E-state index is 11.9. The van der Waals surface area contributed by atoms with Gasteiger partial charge in [0.15, 0.2) is 5.96 Å². The second-order valence-corrected chi connectivity index (χ2v) is 7.07. The van der Waals surface area contributed by atoms with E-state index >= 15 is 0 Å². The molecule has 2 heterocycles. The highest BCUT2D eigenvalue weighted by Gasteiger charge is 2.25. The molecule has 2 saturated heterocycles. The summed E-state index contributed by atoms with van der Waals surface area (Å²) in [6.07, 6.45) is 1.10. The number of nitrogens with one attached hydrogen (secondary N) is 1. The van der Waals surface area contributed by atoms with Crippen molar-refractivity contribution in [1.29, 1.82) is 0 Å². The molecule has 0 aromatic rings. The van der Waals surface area contributed by atoms with Crippen molar-refractivity contribution in [1.82, 2.24) is 20.0 Å². The maximum absolute atomic E-state index is 11.9. The highest BCUT2D eigenvalue weighted by atomic mass is 127. The van der Waals surface area contributed by atoms with Gasteiger partial charge in [0.05, 0.1) is 19.8 Å². The molecule has 1 atom stereocenters. The minimum Gasteiger partial charge on any atom is -0.381 e. The molecule has 158 valence electrons. The number of rotatable bonds is 8. The molecule has 2 rings (SSSR count). The molecular weight excluding hydrogens is 461 g/mol. The fraction of sp³-hybridized carbons (Fsp3) is 0.889. The lowest BCUT2D eigenvalue weighted by atomic mass is 10.1. The SMILES string of the molecule is CCOCC1CCN(C(=NCC(=O)N(C)C)NCCN2CCOCC2)C1.I. The van der Waals surface area contributed by atoms with Crippen molar-refractivity contribution in [2.24, 2.45) is 10.9 Å². The number of halogens is 1. The third-order valence-corrected chi connectivity index (χ3v) is 4.82. The number of carbonyl (C=O) groups is 1. The maximum Gasteiger partial charge on any atom is 0.243 e. The average molecular weight is 497 g/mol. The van der Waals surface area contributed by atoms with E-state index in [0.29, 0.717) is 5.92 Å². The van der Waals surface area contributed by atoms with Crippen LogP contribution in [0.15, 0.2) is 4.99 Å².